The highest BCUT2D eigenvalue weighted by Gasteiger charge is 2.05. The first-order valence-corrected chi connectivity index (χ1v) is 5.26. The van der Waals surface area contributed by atoms with Crippen molar-refractivity contribution in [2.45, 2.75) is 20.3 Å². The van der Waals surface area contributed by atoms with E-state index in [4.69, 9.17) is 0 Å². The molecule has 2 rings (SSSR count). The summed E-state index contributed by atoms with van der Waals surface area (Å²) in [6, 6.07) is 8.40. The van der Waals surface area contributed by atoms with Crippen molar-refractivity contribution in [2.75, 3.05) is 0 Å². The maximum absolute atomic E-state index is 4.48. The molecule has 0 amide bonds. The van der Waals surface area contributed by atoms with Crippen LogP contribution in [0.5, 0.6) is 0 Å². The SMILES string of the molecule is C=C(C)c1ncc(CC)c2ccccc12. The number of aryl methyl sites for hydroxylation is 1. The van der Waals surface area contributed by atoms with Gasteiger partial charge in [0.1, 0.15) is 0 Å². The smallest absolute Gasteiger partial charge is 0.0731 e. The summed E-state index contributed by atoms with van der Waals surface area (Å²) in [7, 11) is 0. The normalized spacial score (nSPS) is 10.5. The number of benzene rings is 1. The van der Waals surface area contributed by atoms with Crippen molar-refractivity contribution in [3.05, 3.63) is 48.3 Å². The van der Waals surface area contributed by atoms with Gasteiger partial charge in [0.15, 0.2) is 0 Å². The van der Waals surface area contributed by atoms with Gasteiger partial charge in [0, 0.05) is 11.6 Å². The van der Waals surface area contributed by atoms with Gasteiger partial charge in [0.05, 0.1) is 5.69 Å². The third-order valence-electron chi connectivity index (χ3n) is 2.66. The topological polar surface area (TPSA) is 12.9 Å². The van der Waals surface area contributed by atoms with E-state index in [-0.39, 0.29) is 0 Å². The molecule has 0 spiro atoms. The molecule has 0 bridgehead atoms. The molecule has 0 aliphatic heterocycles. The van der Waals surface area contributed by atoms with Gasteiger partial charge in [-0.15, -0.1) is 0 Å². The lowest BCUT2D eigenvalue weighted by Gasteiger charge is -2.08. The molecule has 0 aliphatic carbocycles. The van der Waals surface area contributed by atoms with Crippen LogP contribution in [0.4, 0.5) is 0 Å². The molecule has 15 heavy (non-hydrogen) atoms. The first kappa shape index (κ1) is 9.91. The van der Waals surface area contributed by atoms with Crippen LogP contribution in [0.25, 0.3) is 16.3 Å². The van der Waals surface area contributed by atoms with Gasteiger partial charge in [-0.2, -0.15) is 0 Å². The summed E-state index contributed by atoms with van der Waals surface area (Å²) in [6.07, 6.45) is 2.98. The molecule has 1 nitrogen and oxygen atoms in total. The zero-order valence-electron chi connectivity index (χ0n) is 9.25. The first-order valence-electron chi connectivity index (χ1n) is 5.26. The molecule has 0 fully saturated rings. The summed E-state index contributed by atoms with van der Waals surface area (Å²) in [4.78, 5) is 4.48. The number of hydrogen-bond donors (Lipinski definition) is 0. The average Bonchev–Trinajstić information content (AvgIpc) is 2.27. The molecule has 1 heterocycles. The number of allylic oxidation sites excluding steroid dienone is 1. The third-order valence-corrected chi connectivity index (χ3v) is 2.66. The van der Waals surface area contributed by atoms with E-state index in [1.807, 2.05) is 13.1 Å². The van der Waals surface area contributed by atoms with Crippen LogP contribution in [0.1, 0.15) is 25.1 Å². The summed E-state index contributed by atoms with van der Waals surface area (Å²) in [6.45, 7) is 8.13. The second-order valence-electron chi connectivity index (χ2n) is 3.81. The number of rotatable bonds is 2. The number of pyridine rings is 1. The minimum atomic E-state index is 1.02. The molecule has 0 saturated heterocycles. The van der Waals surface area contributed by atoms with E-state index in [0.717, 1.165) is 17.7 Å². The van der Waals surface area contributed by atoms with E-state index in [9.17, 15) is 0 Å². The highest BCUT2D eigenvalue weighted by Crippen LogP contribution is 2.24. The van der Waals surface area contributed by atoms with Gasteiger partial charge in [0.25, 0.3) is 0 Å². The highest BCUT2D eigenvalue weighted by molar-refractivity contribution is 5.93. The summed E-state index contributed by atoms with van der Waals surface area (Å²) in [5.41, 5.74) is 3.34. The Morgan fingerprint density at radius 3 is 2.53 bits per heavy atom. The monoisotopic (exact) mass is 197 g/mol. The van der Waals surface area contributed by atoms with E-state index in [1.54, 1.807) is 0 Å². The van der Waals surface area contributed by atoms with Gasteiger partial charge in [-0.1, -0.05) is 37.8 Å². The Morgan fingerprint density at radius 2 is 1.93 bits per heavy atom. The quantitative estimate of drug-likeness (QED) is 0.713. The van der Waals surface area contributed by atoms with Crippen molar-refractivity contribution in [1.29, 1.82) is 0 Å². The van der Waals surface area contributed by atoms with E-state index in [1.165, 1.54) is 16.3 Å². The lowest BCUT2D eigenvalue weighted by molar-refractivity contribution is 1.12. The van der Waals surface area contributed by atoms with Crippen molar-refractivity contribution in [3.63, 3.8) is 0 Å². The molecule has 0 radical (unpaired) electrons. The summed E-state index contributed by atoms with van der Waals surface area (Å²) in [5, 5.41) is 2.51. The van der Waals surface area contributed by atoms with Crippen LogP contribution in [0, 0.1) is 0 Å². The van der Waals surface area contributed by atoms with Gasteiger partial charge in [0.2, 0.25) is 0 Å². The van der Waals surface area contributed by atoms with E-state index >= 15 is 0 Å². The summed E-state index contributed by atoms with van der Waals surface area (Å²) >= 11 is 0. The number of hydrogen-bond acceptors (Lipinski definition) is 1. The standard InChI is InChI=1S/C14H15N/c1-4-11-9-15-14(10(2)3)13-8-6-5-7-12(11)13/h5-9H,2,4H2,1,3H3. The molecule has 1 heteroatoms. The first-order chi connectivity index (χ1) is 7.24. The van der Waals surface area contributed by atoms with E-state index in [2.05, 4.69) is 42.8 Å². The lowest BCUT2D eigenvalue weighted by atomic mass is 10.0. The van der Waals surface area contributed by atoms with Crippen LogP contribution in [0.3, 0.4) is 0 Å². The molecule has 2 aromatic rings. The van der Waals surface area contributed by atoms with Gasteiger partial charge in [-0.3, -0.25) is 4.98 Å². The number of aromatic nitrogens is 1. The maximum atomic E-state index is 4.48. The van der Waals surface area contributed by atoms with Crippen LogP contribution < -0.4 is 0 Å². The van der Waals surface area contributed by atoms with Gasteiger partial charge < -0.3 is 0 Å². The van der Waals surface area contributed by atoms with Gasteiger partial charge >= 0.3 is 0 Å². The zero-order chi connectivity index (χ0) is 10.8. The minimum Gasteiger partial charge on any atom is -0.256 e. The molecule has 0 unspecified atom stereocenters. The molecule has 0 N–H and O–H groups in total. The molecular weight excluding hydrogens is 182 g/mol. The second kappa shape index (κ2) is 3.85. The van der Waals surface area contributed by atoms with Gasteiger partial charge in [-0.25, -0.2) is 0 Å². The van der Waals surface area contributed by atoms with Gasteiger partial charge in [-0.05, 0) is 29.9 Å². The molecular formula is C14H15N. The number of nitrogens with zero attached hydrogens (tertiary/aromatic N) is 1. The van der Waals surface area contributed by atoms with E-state index in [0.29, 0.717) is 0 Å². The predicted octanol–water partition coefficient (Wildman–Crippen LogP) is 3.83. The molecule has 1 aromatic carbocycles. The largest absolute Gasteiger partial charge is 0.256 e. The molecule has 0 atom stereocenters. The maximum Gasteiger partial charge on any atom is 0.0731 e. The molecule has 1 aromatic heterocycles. The van der Waals surface area contributed by atoms with Crippen LogP contribution >= 0.6 is 0 Å². The Labute approximate surface area is 90.5 Å². The Morgan fingerprint density at radius 1 is 1.27 bits per heavy atom. The Balaban J connectivity index is 2.83. The average molecular weight is 197 g/mol. The minimum absolute atomic E-state index is 1.02. The van der Waals surface area contributed by atoms with Crippen molar-refractivity contribution in [3.8, 4) is 0 Å². The van der Waals surface area contributed by atoms with Crippen LogP contribution in [0.2, 0.25) is 0 Å². The number of fused-ring (bicyclic) bond motifs is 1. The second-order valence-corrected chi connectivity index (χ2v) is 3.81. The lowest BCUT2D eigenvalue weighted by Crippen LogP contribution is -1.92. The predicted molar refractivity (Wildman–Crippen MR) is 65.8 cm³/mol. The van der Waals surface area contributed by atoms with Crippen LogP contribution in [0.15, 0.2) is 37.0 Å². The van der Waals surface area contributed by atoms with Crippen molar-refractivity contribution >= 4 is 16.3 Å². The summed E-state index contributed by atoms with van der Waals surface area (Å²) < 4.78 is 0. The fraction of sp³-hybridized carbons (Fsp3) is 0.214. The molecule has 0 saturated carbocycles. The molecule has 0 aliphatic rings. The van der Waals surface area contributed by atoms with E-state index < -0.39 is 0 Å². The summed E-state index contributed by atoms with van der Waals surface area (Å²) in [5.74, 6) is 0. The highest BCUT2D eigenvalue weighted by atomic mass is 14.7. The Hall–Kier alpha value is -1.63. The Kier molecular flexibility index (Phi) is 2.55. The van der Waals surface area contributed by atoms with Crippen LogP contribution in [-0.2, 0) is 6.42 Å². The third kappa shape index (κ3) is 1.65. The van der Waals surface area contributed by atoms with Crippen molar-refractivity contribution < 1.29 is 0 Å². The zero-order valence-corrected chi connectivity index (χ0v) is 9.25. The van der Waals surface area contributed by atoms with Crippen molar-refractivity contribution in [1.82, 2.24) is 4.98 Å². The van der Waals surface area contributed by atoms with Crippen molar-refractivity contribution in [2.24, 2.45) is 0 Å². The Bertz CT molecular complexity index is 512. The fourth-order valence-corrected chi connectivity index (χ4v) is 1.87. The van der Waals surface area contributed by atoms with Crippen LogP contribution in [-0.4, -0.2) is 4.98 Å². The fourth-order valence-electron chi connectivity index (χ4n) is 1.87. The molecule has 76 valence electrons.